The molecule has 6 nitrogen and oxygen atoms in total. The summed E-state index contributed by atoms with van der Waals surface area (Å²) in [4.78, 5) is 10.00. The molecule has 8 heteroatoms. The Morgan fingerprint density at radius 3 is 2.05 bits per heavy atom. The normalized spacial score (nSPS) is 11.4. The number of nitrogens with zero attached hydrogens (tertiary/aromatic N) is 1. The third kappa shape index (κ3) is 3.83. The molecule has 0 aromatic heterocycles. The van der Waals surface area contributed by atoms with E-state index in [1.165, 1.54) is 12.1 Å². The summed E-state index contributed by atoms with van der Waals surface area (Å²) in [6.45, 7) is 0. The molecule has 2 rings (SSSR count). The SMILES string of the molecule is O=[As]c1ccc(CS(=O)(=O)c2ccc([N+](=O)[O-])cc2)cc1. The van der Waals surface area contributed by atoms with Gasteiger partial charge in [-0.3, -0.25) is 0 Å². The fourth-order valence-electron chi connectivity index (χ4n) is 1.73. The molecular formula is C13H10AsNO5S. The number of benzene rings is 2. The Morgan fingerprint density at radius 2 is 1.57 bits per heavy atom. The molecular weight excluding hydrogens is 357 g/mol. The zero-order valence-electron chi connectivity index (χ0n) is 10.7. The molecule has 2 aromatic carbocycles. The molecule has 0 bridgehead atoms. The summed E-state index contributed by atoms with van der Waals surface area (Å²) in [5.74, 6) is -0.208. The second kappa shape index (κ2) is 6.28. The van der Waals surface area contributed by atoms with Gasteiger partial charge in [-0.2, -0.15) is 0 Å². The van der Waals surface area contributed by atoms with Crippen molar-refractivity contribution in [1.82, 2.24) is 0 Å². The maximum absolute atomic E-state index is 12.2. The first-order valence-corrected chi connectivity index (χ1v) is 9.17. The summed E-state index contributed by atoms with van der Waals surface area (Å²) in [5.41, 5.74) is 0.420. The van der Waals surface area contributed by atoms with Gasteiger partial charge in [0.05, 0.1) is 0 Å². The van der Waals surface area contributed by atoms with Gasteiger partial charge in [0.15, 0.2) is 0 Å². The first kappa shape index (κ1) is 15.5. The van der Waals surface area contributed by atoms with Gasteiger partial charge in [0.1, 0.15) is 0 Å². The Kier molecular flexibility index (Phi) is 4.65. The topological polar surface area (TPSA) is 94.3 Å². The van der Waals surface area contributed by atoms with E-state index in [0.717, 1.165) is 12.1 Å². The number of non-ortho nitro benzene ring substituents is 1. The minimum atomic E-state index is -3.57. The van der Waals surface area contributed by atoms with Gasteiger partial charge >= 0.3 is 128 Å². The van der Waals surface area contributed by atoms with Gasteiger partial charge in [0.2, 0.25) is 0 Å². The van der Waals surface area contributed by atoms with Crippen molar-refractivity contribution in [1.29, 1.82) is 0 Å². The Morgan fingerprint density at radius 1 is 1.00 bits per heavy atom. The molecule has 0 spiro atoms. The zero-order valence-corrected chi connectivity index (χ0v) is 13.4. The fraction of sp³-hybridized carbons (Fsp3) is 0.0769. The summed E-state index contributed by atoms with van der Waals surface area (Å²) in [6, 6.07) is 11.3. The number of rotatable bonds is 5. The fourth-order valence-corrected chi connectivity index (χ4v) is 3.65. The second-order valence-electron chi connectivity index (χ2n) is 4.27. The Labute approximate surface area is 127 Å². The van der Waals surface area contributed by atoms with Gasteiger partial charge in [-0.1, -0.05) is 0 Å². The monoisotopic (exact) mass is 367 g/mol. The van der Waals surface area contributed by atoms with Crippen LogP contribution in [0.5, 0.6) is 0 Å². The third-order valence-electron chi connectivity index (χ3n) is 2.81. The first-order valence-electron chi connectivity index (χ1n) is 5.82. The van der Waals surface area contributed by atoms with E-state index in [2.05, 4.69) is 0 Å². The molecule has 0 N–H and O–H groups in total. The van der Waals surface area contributed by atoms with Crippen LogP contribution in [0.25, 0.3) is 0 Å². The average molecular weight is 367 g/mol. The summed E-state index contributed by atoms with van der Waals surface area (Å²) in [7, 11) is -3.57. The van der Waals surface area contributed by atoms with Crippen LogP contribution in [0.4, 0.5) is 5.69 Å². The van der Waals surface area contributed by atoms with E-state index in [1.54, 1.807) is 24.3 Å². The van der Waals surface area contributed by atoms with E-state index in [4.69, 9.17) is 0 Å². The van der Waals surface area contributed by atoms with E-state index in [-0.39, 0.29) is 16.3 Å². The van der Waals surface area contributed by atoms with Gasteiger partial charge in [0.25, 0.3) is 0 Å². The van der Waals surface area contributed by atoms with Crippen molar-refractivity contribution in [3.8, 4) is 0 Å². The molecule has 0 radical (unpaired) electrons. The van der Waals surface area contributed by atoms with Crippen LogP contribution < -0.4 is 4.35 Å². The molecule has 0 saturated heterocycles. The molecule has 0 fully saturated rings. The molecule has 0 saturated carbocycles. The van der Waals surface area contributed by atoms with Crippen LogP contribution in [0.1, 0.15) is 5.56 Å². The van der Waals surface area contributed by atoms with Crippen molar-refractivity contribution in [2.24, 2.45) is 0 Å². The summed E-state index contributed by atoms with van der Waals surface area (Å²) < 4.78 is 35.9. The minimum absolute atomic E-state index is 0.0346. The predicted octanol–water partition coefficient (Wildman–Crippen LogP) is 1.24. The number of hydrogen-bond donors (Lipinski definition) is 0. The van der Waals surface area contributed by atoms with Crippen molar-refractivity contribution in [2.45, 2.75) is 10.6 Å². The van der Waals surface area contributed by atoms with Crippen molar-refractivity contribution in [3.05, 3.63) is 64.2 Å². The molecule has 108 valence electrons. The van der Waals surface area contributed by atoms with Crippen LogP contribution in [0.15, 0.2) is 53.4 Å². The zero-order chi connectivity index (χ0) is 15.5. The number of nitro benzene ring substituents is 1. The van der Waals surface area contributed by atoms with E-state index in [9.17, 15) is 22.3 Å². The Bertz CT molecular complexity index is 769. The predicted molar refractivity (Wildman–Crippen MR) is 76.5 cm³/mol. The molecule has 21 heavy (non-hydrogen) atoms. The van der Waals surface area contributed by atoms with Crippen molar-refractivity contribution in [3.63, 3.8) is 0 Å². The summed E-state index contributed by atoms with van der Waals surface area (Å²) in [6.07, 6.45) is 0. The van der Waals surface area contributed by atoms with Crippen LogP contribution in [0, 0.1) is 10.1 Å². The Hall–Kier alpha value is -1.85. The van der Waals surface area contributed by atoms with Gasteiger partial charge < -0.3 is 0 Å². The van der Waals surface area contributed by atoms with Gasteiger partial charge in [-0.15, -0.1) is 0 Å². The molecule has 0 aliphatic carbocycles. The average Bonchev–Trinajstić information content (AvgIpc) is 2.48. The quantitative estimate of drug-likeness (QED) is 0.450. The van der Waals surface area contributed by atoms with Gasteiger partial charge in [0, 0.05) is 0 Å². The first-order chi connectivity index (χ1) is 9.92. The van der Waals surface area contributed by atoms with E-state index in [0.29, 0.717) is 9.91 Å². The number of sulfone groups is 1. The van der Waals surface area contributed by atoms with Crippen LogP contribution in [0.3, 0.4) is 0 Å². The van der Waals surface area contributed by atoms with Gasteiger partial charge in [-0.05, 0) is 0 Å². The summed E-state index contributed by atoms with van der Waals surface area (Å²) in [5, 5.41) is 10.5. The van der Waals surface area contributed by atoms with Crippen LogP contribution >= 0.6 is 0 Å². The van der Waals surface area contributed by atoms with Crippen molar-refractivity contribution in [2.75, 3.05) is 0 Å². The van der Waals surface area contributed by atoms with E-state index < -0.39 is 30.5 Å². The number of nitro groups is 1. The summed E-state index contributed by atoms with van der Waals surface area (Å²) >= 11 is -1.12. The van der Waals surface area contributed by atoms with Gasteiger partial charge in [-0.25, -0.2) is 0 Å². The molecule has 2 aromatic rings. The maximum atomic E-state index is 12.2. The van der Waals surface area contributed by atoms with Crippen LogP contribution in [-0.2, 0) is 19.3 Å². The molecule has 0 atom stereocenters. The second-order valence-corrected chi connectivity index (χ2v) is 7.72. The molecule has 0 amide bonds. The molecule has 0 aliphatic rings. The number of hydrogen-bond acceptors (Lipinski definition) is 5. The van der Waals surface area contributed by atoms with Crippen molar-refractivity contribution < 1.29 is 17.1 Å². The van der Waals surface area contributed by atoms with Crippen molar-refractivity contribution >= 4 is 35.6 Å². The van der Waals surface area contributed by atoms with Crippen LogP contribution in [-0.4, -0.2) is 29.0 Å². The molecule has 0 heterocycles. The van der Waals surface area contributed by atoms with E-state index >= 15 is 0 Å². The molecule has 0 unspecified atom stereocenters. The van der Waals surface area contributed by atoms with Crippen LogP contribution in [0.2, 0.25) is 0 Å². The Balaban J connectivity index is 2.24. The standard InChI is InChI=1S/C13H10AsNO5S/c16-14-11-3-1-10(2-4-11)9-21(19,20)13-7-5-12(6-8-13)15(17)18/h1-8H,9H2. The molecule has 0 aliphatic heterocycles. The van der Waals surface area contributed by atoms with E-state index in [1.807, 2.05) is 0 Å². The third-order valence-corrected chi connectivity index (χ3v) is 5.58.